The number of hydrogen-bond acceptors (Lipinski definition) is 4. The molecule has 0 aromatic carbocycles. The van der Waals surface area contributed by atoms with Crippen LogP contribution in [0.15, 0.2) is 12.4 Å². The Morgan fingerprint density at radius 3 is 2.67 bits per heavy atom. The zero-order valence-corrected chi connectivity index (χ0v) is 9.70. The maximum absolute atomic E-state index is 12.4. The summed E-state index contributed by atoms with van der Waals surface area (Å²) in [6.45, 7) is 2.24. The van der Waals surface area contributed by atoms with Crippen molar-refractivity contribution in [2.75, 3.05) is 19.7 Å². The van der Waals surface area contributed by atoms with E-state index in [0.717, 1.165) is 38.3 Å². The number of aromatic nitrogens is 2. The monoisotopic (exact) mass is 261 g/mol. The van der Waals surface area contributed by atoms with Crippen LogP contribution in [0, 0.1) is 5.92 Å². The zero-order chi connectivity index (χ0) is 13.0. The van der Waals surface area contributed by atoms with Crippen LogP contribution in [0.3, 0.4) is 0 Å². The van der Waals surface area contributed by atoms with Gasteiger partial charge < -0.3 is 10.1 Å². The first-order valence-electron chi connectivity index (χ1n) is 5.78. The highest BCUT2D eigenvalue weighted by molar-refractivity contribution is 5.15. The van der Waals surface area contributed by atoms with E-state index in [2.05, 4.69) is 15.3 Å². The summed E-state index contributed by atoms with van der Waals surface area (Å²) >= 11 is 0. The Kier molecular flexibility index (Phi) is 4.00. The van der Waals surface area contributed by atoms with Crippen LogP contribution in [-0.2, 0) is 6.18 Å². The van der Waals surface area contributed by atoms with Crippen molar-refractivity contribution in [3.8, 4) is 5.88 Å². The number of hydrogen-bond donors (Lipinski definition) is 1. The fraction of sp³-hybridized carbons (Fsp3) is 0.636. The molecule has 4 nitrogen and oxygen atoms in total. The molecule has 0 unspecified atom stereocenters. The predicted octanol–water partition coefficient (Wildman–Crippen LogP) is 1.87. The first-order valence-corrected chi connectivity index (χ1v) is 5.78. The zero-order valence-electron chi connectivity index (χ0n) is 9.70. The largest absolute Gasteiger partial charge is 0.477 e. The normalized spacial score (nSPS) is 17.7. The minimum absolute atomic E-state index is 0.0177. The van der Waals surface area contributed by atoms with Crippen LogP contribution < -0.4 is 10.1 Å². The Hall–Kier alpha value is -1.37. The van der Waals surface area contributed by atoms with E-state index in [1.807, 2.05) is 0 Å². The van der Waals surface area contributed by atoms with E-state index in [4.69, 9.17) is 4.74 Å². The quantitative estimate of drug-likeness (QED) is 0.902. The topological polar surface area (TPSA) is 47.0 Å². The van der Waals surface area contributed by atoms with Gasteiger partial charge in [-0.25, -0.2) is 9.97 Å². The van der Waals surface area contributed by atoms with Crippen molar-refractivity contribution in [2.45, 2.75) is 19.0 Å². The van der Waals surface area contributed by atoms with E-state index >= 15 is 0 Å². The minimum Gasteiger partial charge on any atom is -0.477 e. The summed E-state index contributed by atoms with van der Waals surface area (Å²) in [6, 6.07) is 0.834. The molecule has 1 aromatic heterocycles. The third-order valence-corrected chi connectivity index (χ3v) is 2.86. The van der Waals surface area contributed by atoms with Gasteiger partial charge in [-0.3, -0.25) is 0 Å². The van der Waals surface area contributed by atoms with Gasteiger partial charge in [0.05, 0.1) is 6.61 Å². The van der Waals surface area contributed by atoms with Crippen molar-refractivity contribution in [1.82, 2.24) is 15.3 Å². The van der Waals surface area contributed by atoms with Gasteiger partial charge in [0.15, 0.2) is 5.69 Å². The lowest BCUT2D eigenvalue weighted by molar-refractivity contribution is -0.141. The van der Waals surface area contributed by atoms with Gasteiger partial charge in [0.1, 0.15) is 6.33 Å². The Bertz CT molecular complexity index is 391. The molecule has 2 rings (SSSR count). The van der Waals surface area contributed by atoms with Crippen LogP contribution >= 0.6 is 0 Å². The molecule has 1 aliphatic heterocycles. The molecule has 0 amide bonds. The molecule has 0 aliphatic carbocycles. The molecule has 1 saturated heterocycles. The number of nitrogens with zero attached hydrogens (tertiary/aromatic N) is 2. The first-order chi connectivity index (χ1) is 8.55. The number of ether oxygens (including phenoxy) is 1. The van der Waals surface area contributed by atoms with Gasteiger partial charge in [-0.05, 0) is 31.8 Å². The third-order valence-electron chi connectivity index (χ3n) is 2.86. The van der Waals surface area contributed by atoms with E-state index in [9.17, 15) is 13.2 Å². The average molecular weight is 261 g/mol. The number of alkyl halides is 3. The van der Waals surface area contributed by atoms with Gasteiger partial charge in [0.2, 0.25) is 5.88 Å². The van der Waals surface area contributed by atoms with Gasteiger partial charge in [0.25, 0.3) is 0 Å². The van der Waals surface area contributed by atoms with Crippen molar-refractivity contribution < 1.29 is 17.9 Å². The molecule has 0 radical (unpaired) electrons. The van der Waals surface area contributed by atoms with E-state index < -0.39 is 11.9 Å². The second kappa shape index (κ2) is 5.51. The minimum atomic E-state index is -4.46. The highest BCUT2D eigenvalue weighted by atomic mass is 19.4. The van der Waals surface area contributed by atoms with Crippen molar-refractivity contribution in [3.05, 3.63) is 18.1 Å². The number of nitrogens with one attached hydrogen (secondary N) is 1. The summed E-state index contributed by atoms with van der Waals surface area (Å²) in [4.78, 5) is 6.87. The van der Waals surface area contributed by atoms with E-state index in [1.54, 1.807) is 0 Å². The Morgan fingerprint density at radius 1 is 1.28 bits per heavy atom. The van der Waals surface area contributed by atoms with Crippen LogP contribution in [0.5, 0.6) is 5.88 Å². The number of rotatable bonds is 3. The summed E-state index contributed by atoms with van der Waals surface area (Å²) in [7, 11) is 0. The molecule has 18 heavy (non-hydrogen) atoms. The molecule has 1 fully saturated rings. The second-order valence-corrected chi connectivity index (χ2v) is 4.24. The average Bonchev–Trinajstić information content (AvgIpc) is 2.37. The Balaban J connectivity index is 1.92. The van der Waals surface area contributed by atoms with E-state index in [0.29, 0.717) is 12.5 Å². The highest BCUT2D eigenvalue weighted by Gasteiger charge is 2.33. The SMILES string of the molecule is FC(F)(F)c1cc(OCC2CCNCC2)ncn1. The third kappa shape index (κ3) is 3.56. The molecule has 2 heterocycles. The van der Waals surface area contributed by atoms with E-state index in [1.165, 1.54) is 0 Å². The van der Waals surface area contributed by atoms with Crippen molar-refractivity contribution in [3.63, 3.8) is 0 Å². The smallest absolute Gasteiger partial charge is 0.433 e. The van der Waals surface area contributed by atoms with Crippen LogP contribution in [-0.4, -0.2) is 29.7 Å². The summed E-state index contributed by atoms with van der Waals surface area (Å²) in [6.07, 6.45) is -1.65. The molecule has 1 aromatic rings. The lowest BCUT2D eigenvalue weighted by Crippen LogP contribution is -2.30. The Labute approximate surface area is 103 Å². The fourth-order valence-electron chi connectivity index (χ4n) is 1.83. The first kappa shape index (κ1) is 13.1. The van der Waals surface area contributed by atoms with Gasteiger partial charge in [-0.15, -0.1) is 0 Å². The number of halogens is 3. The predicted molar refractivity (Wildman–Crippen MR) is 58.1 cm³/mol. The summed E-state index contributed by atoms with van der Waals surface area (Å²) in [5, 5.41) is 3.21. The van der Waals surface area contributed by atoms with Crippen molar-refractivity contribution >= 4 is 0 Å². The lowest BCUT2D eigenvalue weighted by atomic mass is 9.99. The Morgan fingerprint density at radius 2 is 2.00 bits per heavy atom. The molecule has 0 saturated carbocycles. The lowest BCUT2D eigenvalue weighted by Gasteiger charge is -2.22. The van der Waals surface area contributed by atoms with Gasteiger partial charge >= 0.3 is 6.18 Å². The maximum Gasteiger partial charge on any atom is 0.433 e. The number of piperidine rings is 1. The van der Waals surface area contributed by atoms with Crippen LogP contribution in [0.1, 0.15) is 18.5 Å². The molecular formula is C11H14F3N3O. The van der Waals surface area contributed by atoms with Crippen molar-refractivity contribution in [1.29, 1.82) is 0 Å². The highest BCUT2D eigenvalue weighted by Crippen LogP contribution is 2.28. The molecule has 1 N–H and O–H groups in total. The fourth-order valence-corrected chi connectivity index (χ4v) is 1.83. The summed E-state index contributed by atoms with van der Waals surface area (Å²) in [5.74, 6) is 0.353. The van der Waals surface area contributed by atoms with Crippen LogP contribution in [0.25, 0.3) is 0 Å². The maximum atomic E-state index is 12.4. The van der Waals surface area contributed by atoms with Gasteiger partial charge in [0, 0.05) is 6.07 Å². The second-order valence-electron chi connectivity index (χ2n) is 4.24. The van der Waals surface area contributed by atoms with Crippen molar-refractivity contribution in [2.24, 2.45) is 5.92 Å². The molecule has 0 spiro atoms. The van der Waals surface area contributed by atoms with E-state index in [-0.39, 0.29) is 5.88 Å². The molecule has 7 heteroatoms. The molecule has 1 aliphatic rings. The molecular weight excluding hydrogens is 247 g/mol. The van der Waals surface area contributed by atoms with Gasteiger partial charge in [-0.1, -0.05) is 0 Å². The van der Waals surface area contributed by atoms with Crippen LogP contribution in [0.2, 0.25) is 0 Å². The molecule has 0 bridgehead atoms. The summed E-state index contributed by atoms with van der Waals surface area (Å²) in [5.41, 5.74) is -0.974. The van der Waals surface area contributed by atoms with Crippen LogP contribution in [0.4, 0.5) is 13.2 Å². The molecule has 100 valence electrons. The summed E-state index contributed by atoms with van der Waals surface area (Å²) < 4.78 is 42.5. The van der Waals surface area contributed by atoms with Gasteiger partial charge in [-0.2, -0.15) is 13.2 Å². The standard InChI is InChI=1S/C11H14F3N3O/c12-11(13,14)9-5-10(17-7-16-9)18-6-8-1-3-15-4-2-8/h5,7-8,15H,1-4,6H2. The molecule has 0 atom stereocenters.